The molecule has 0 saturated heterocycles. The first-order valence-electron chi connectivity index (χ1n) is 6.39. The van der Waals surface area contributed by atoms with Crippen molar-refractivity contribution in [3.05, 3.63) is 33.4 Å². The Labute approximate surface area is 122 Å². The van der Waals surface area contributed by atoms with Crippen molar-refractivity contribution >= 4 is 17.3 Å². The van der Waals surface area contributed by atoms with Crippen molar-refractivity contribution < 1.29 is 19.9 Å². The van der Waals surface area contributed by atoms with Crippen LogP contribution in [-0.2, 0) is 0 Å². The lowest BCUT2D eigenvalue weighted by Gasteiger charge is -2.39. The molecule has 1 aromatic carbocycles. The van der Waals surface area contributed by atoms with Gasteiger partial charge in [0.2, 0.25) is 0 Å². The highest BCUT2D eigenvalue weighted by atomic mass is 16.6. The zero-order chi connectivity index (χ0) is 16.6. The summed E-state index contributed by atoms with van der Waals surface area (Å²) in [5.74, 6) is -1.25. The number of hydrogen-bond acceptors (Lipinski definition) is 5. The maximum absolute atomic E-state index is 11.1. The van der Waals surface area contributed by atoms with Crippen molar-refractivity contribution in [2.24, 2.45) is 0 Å². The third-order valence-corrected chi connectivity index (χ3v) is 3.80. The lowest BCUT2D eigenvalue weighted by molar-refractivity contribution is -0.385. The number of hydrogen-bond donors (Lipinski definition) is 3. The molecule has 1 rings (SSSR count). The summed E-state index contributed by atoms with van der Waals surface area (Å²) in [5.41, 5.74) is -1.75. The first-order chi connectivity index (χ1) is 9.36. The van der Waals surface area contributed by atoms with Crippen LogP contribution in [0, 0.1) is 17.0 Å². The van der Waals surface area contributed by atoms with Crippen LogP contribution >= 0.6 is 0 Å². The SMILES string of the molecule is Cc1c(NC(C)(C)C(C)(C)O)cc(C(=O)O)cc1[N+](=O)[O-]. The Kier molecular flexibility index (Phi) is 4.29. The molecule has 0 fully saturated rings. The molecule has 21 heavy (non-hydrogen) atoms. The Balaban J connectivity index is 3.42. The van der Waals surface area contributed by atoms with E-state index < -0.39 is 22.0 Å². The van der Waals surface area contributed by atoms with E-state index in [1.165, 1.54) is 13.0 Å². The molecule has 0 aliphatic heterocycles. The number of anilines is 1. The Hall–Kier alpha value is -2.15. The number of carbonyl (C=O) groups is 1. The van der Waals surface area contributed by atoms with Gasteiger partial charge in [-0.1, -0.05) is 0 Å². The normalized spacial score (nSPS) is 12.1. The van der Waals surface area contributed by atoms with Gasteiger partial charge in [0.25, 0.3) is 5.69 Å². The summed E-state index contributed by atoms with van der Waals surface area (Å²) in [5, 5.41) is 33.3. The Morgan fingerprint density at radius 1 is 1.29 bits per heavy atom. The molecule has 0 unspecified atom stereocenters. The zero-order valence-electron chi connectivity index (χ0n) is 12.7. The summed E-state index contributed by atoms with van der Waals surface area (Å²) in [4.78, 5) is 21.5. The van der Waals surface area contributed by atoms with Crippen molar-refractivity contribution in [2.75, 3.05) is 5.32 Å². The fraction of sp³-hybridized carbons (Fsp3) is 0.500. The van der Waals surface area contributed by atoms with Crippen molar-refractivity contribution in [3.63, 3.8) is 0 Å². The average Bonchev–Trinajstić information content (AvgIpc) is 2.29. The van der Waals surface area contributed by atoms with Crippen molar-refractivity contribution in [2.45, 2.75) is 45.8 Å². The van der Waals surface area contributed by atoms with Gasteiger partial charge in [-0.05, 0) is 40.7 Å². The van der Waals surface area contributed by atoms with Crippen LogP contribution in [0.3, 0.4) is 0 Å². The number of nitro groups is 1. The second-order valence-corrected chi connectivity index (χ2v) is 6.04. The molecule has 0 aliphatic rings. The topological polar surface area (TPSA) is 113 Å². The van der Waals surface area contributed by atoms with Gasteiger partial charge in [0.1, 0.15) is 0 Å². The summed E-state index contributed by atoms with van der Waals surface area (Å²) in [6.07, 6.45) is 0. The van der Waals surface area contributed by atoms with E-state index in [4.69, 9.17) is 5.11 Å². The van der Waals surface area contributed by atoms with Crippen LogP contribution in [0.5, 0.6) is 0 Å². The molecule has 0 bridgehead atoms. The summed E-state index contributed by atoms with van der Waals surface area (Å²) >= 11 is 0. The number of nitrogens with one attached hydrogen (secondary N) is 1. The van der Waals surface area contributed by atoms with Gasteiger partial charge in [-0.2, -0.15) is 0 Å². The molecule has 0 heterocycles. The first-order valence-corrected chi connectivity index (χ1v) is 6.39. The highest BCUT2D eigenvalue weighted by molar-refractivity contribution is 5.90. The fourth-order valence-electron chi connectivity index (χ4n) is 1.63. The van der Waals surface area contributed by atoms with Crippen LogP contribution in [0.15, 0.2) is 12.1 Å². The molecule has 116 valence electrons. The minimum absolute atomic E-state index is 0.179. The first kappa shape index (κ1) is 16.9. The van der Waals surface area contributed by atoms with Gasteiger partial charge >= 0.3 is 5.97 Å². The number of aromatic carboxylic acids is 1. The number of nitrogens with zero attached hydrogens (tertiary/aromatic N) is 1. The van der Waals surface area contributed by atoms with E-state index in [1.54, 1.807) is 27.7 Å². The third kappa shape index (κ3) is 3.49. The molecule has 3 N–H and O–H groups in total. The summed E-state index contributed by atoms with van der Waals surface area (Å²) in [7, 11) is 0. The highest BCUT2D eigenvalue weighted by Crippen LogP contribution is 2.32. The predicted octanol–water partition coefficient (Wildman–Crippen LogP) is 2.56. The molecule has 7 heteroatoms. The Bertz CT molecular complexity index is 588. The van der Waals surface area contributed by atoms with Gasteiger partial charge in [-0.15, -0.1) is 0 Å². The molecular weight excluding hydrogens is 276 g/mol. The van der Waals surface area contributed by atoms with Gasteiger partial charge in [0.05, 0.1) is 21.6 Å². The smallest absolute Gasteiger partial charge is 0.336 e. The second-order valence-electron chi connectivity index (χ2n) is 6.04. The number of aliphatic hydroxyl groups is 1. The average molecular weight is 296 g/mol. The van der Waals surface area contributed by atoms with Crippen molar-refractivity contribution in [1.29, 1.82) is 0 Å². The third-order valence-electron chi connectivity index (χ3n) is 3.80. The van der Waals surface area contributed by atoms with Crippen molar-refractivity contribution in [1.82, 2.24) is 0 Å². The fourth-order valence-corrected chi connectivity index (χ4v) is 1.63. The minimum Gasteiger partial charge on any atom is -0.478 e. The molecule has 0 radical (unpaired) electrons. The summed E-state index contributed by atoms with van der Waals surface area (Å²) in [6.45, 7) is 8.19. The van der Waals surface area contributed by atoms with Crippen LogP contribution in [0.4, 0.5) is 11.4 Å². The lowest BCUT2D eigenvalue weighted by Crippen LogP contribution is -2.51. The van der Waals surface area contributed by atoms with Crippen LogP contribution < -0.4 is 5.32 Å². The molecule has 1 aromatic rings. The summed E-state index contributed by atoms with van der Waals surface area (Å²) < 4.78 is 0. The maximum Gasteiger partial charge on any atom is 0.336 e. The summed E-state index contributed by atoms with van der Waals surface area (Å²) in [6, 6.07) is 2.36. The molecule has 0 aromatic heterocycles. The Morgan fingerprint density at radius 3 is 2.19 bits per heavy atom. The van der Waals surface area contributed by atoms with E-state index in [0.717, 1.165) is 6.07 Å². The maximum atomic E-state index is 11.1. The van der Waals surface area contributed by atoms with Gasteiger partial charge in [-0.25, -0.2) is 4.79 Å². The minimum atomic E-state index is -1.25. The highest BCUT2D eigenvalue weighted by Gasteiger charge is 2.36. The molecular formula is C14H20N2O5. The Morgan fingerprint density at radius 2 is 1.81 bits per heavy atom. The number of carboxylic acid groups (broad SMARTS) is 1. The van der Waals surface area contributed by atoms with Gasteiger partial charge in [-0.3, -0.25) is 10.1 Å². The molecule has 0 saturated carbocycles. The largest absolute Gasteiger partial charge is 0.478 e. The van der Waals surface area contributed by atoms with E-state index >= 15 is 0 Å². The van der Waals surface area contributed by atoms with E-state index in [1.807, 2.05) is 0 Å². The van der Waals surface area contributed by atoms with E-state index in [0.29, 0.717) is 11.3 Å². The molecule has 0 amide bonds. The van der Waals surface area contributed by atoms with Gasteiger partial charge < -0.3 is 15.5 Å². The van der Waals surface area contributed by atoms with Gasteiger partial charge in [0.15, 0.2) is 0 Å². The van der Waals surface area contributed by atoms with Crippen LogP contribution in [-0.4, -0.2) is 32.2 Å². The predicted molar refractivity (Wildman–Crippen MR) is 78.8 cm³/mol. The number of rotatable bonds is 5. The van der Waals surface area contributed by atoms with Crippen molar-refractivity contribution in [3.8, 4) is 0 Å². The standard InChI is InChI=1S/C14H20N2O5/c1-8-10(15-13(2,3)14(4,5)19)6-9(12(17)18)7-11(8)16(20)21/h6-7,15,19H,1-5H3,(H,17,18). The van der Waals surface area contributed by atoms with Gasteiger partial charge in [0, 0.05) is 17.3 Å². The van der Waals surface area contributed by atoms with E-state index in [9.17, 15) is 20.0 Å². The van der Waals surface area contributed by atoms with Crippen LogP contribution in [0.25, 0.3) is 0 Å². The monoisotopic (exact) mass is 296 g/mol. The van der Waals surface area contributed by atoms with E-state index in [-0.39, 0.29) is 11.3 Å². The second kappa shape index (κ2) is 5.33. The molecule has 7 nitrogen and oxygen atoms in total. The molecule has 0 aliphatic carbocycles. The zero-order valence-corrected chi connectivity index (χ0v) is 12.7. The van der Waals surface area contributed by atoms with Crippen LogP contribution in [0.2, 0.25) is 0 Å². The van der Waals surface area contributed by atoms with E-state index in [2.05, 4.69) is 5.32 Å². The molecule has 0 atom stereocenters. The number of carboxylic acids is 1. The number of benzene rings is 1. The molecule has 0 spiro atoms. The number of nitro benzene ring substituents is 1. The van der Waals surface area contributed by atoms with Crippen LogP contribution in [0.1, 0.15) is 43.6 Å². The lowest BCUT2D eigenvalue weighted by atomic mass is 9.85. The quantitative estimate of drug-likeness (QED) is 0.568.